The fourth-order valence-electron chi connectivity index (χ4n) is 0.933. The summed E-state index contributed by atoms with van der Waals surface area (Å²) in [5, 5.41) is 11.2. The van der Waals surface area contributed by atoms with Gasteiger partial charge in [-0.3, -0.25) is 0 Å². The summed E-state index contributed by atoms with van der Waals surface area (Å²) in [4.78, 5) is 22.6. The van der Waals surface area contributed by atoms with Crippen molar-refractivity contribution in [1.29, 1.82) is 0 Å². The summed E-state index contributed by atoms with van der Waals surface area (Å²) in [5.74, 6) is -0.967. The predicted molar refractivity (Wildman–Crippen MR) is 59.7 cm³/mol. The summed E-state index contributed by atoms with van der Waals surface area (Å²) < 4.78 is 4.69. The minimum absolute atomic E-state index is 0.149. The quantitative estimate of drug-likeness (QED) is 0.771. The number of ether oxygens (including phenoxy) is 1. The highest BCUT2D eigenvalue weighted by Gasteiger charge is 2.07. The summed E-state index contributed by atoms with van der Waals surface area (Å²) in [6, 6.07) is 3.15. The van der Waals surface area contributed by atoms with Gasteiger partial charge in [0.1, 0.15) is 11.5 Å². The topological polar surface area (TPSA) is 75.6 Å². The Balaban J connectivity index is 2.39. The second kappa shape index (κ2) is 5.92. The van der Waals surface area contributed by atoms with Gasteiger partial charge in [-0.15, -0.1) is 11.3 Å². The lowest BCUT2D eigenvalue weighted by molar-refractivity contribution is 0.0702. The number of alkyl carbamates (subject to hydrolysis) is 1. The van der Waals surface area contributed by atoms with Gasteiger partial charge in [-0.1, -0.05) is 12.7 Å². The average Bonchev–Trinajstić information content (AvgIpc) is 2.72. The third-order valence-corrected chi connectivity index (χ3v) is 2.68. The first-order valence-corrected chi connectivity index (χ1v) is 5.28. The normalized spacial score (nSPS) is 9.50. The van der Waals surface area contributed by atoms with Crippen molar-refractivity contribution >= 4 is 23.4 Å². The van der Waals surface area contributed by atoms with E-state index in [1.807, 2.05) is 0 Å². The second-order valence-electron chi connectivity index (χ2n) is 2.81. The molecule has 1 aromatic rings. The summed E-state index contributed by atoms with van der Waals surface area (Å²) >= 11 is 1.12. The number of carbonyl (C=O) groups is 2. The number of hydrogen-bond donors (Lipinski definition) is 2. The van der Waals surface area contributed by atoms with Crippen LogP contribution >= 0.6 is 11.3 Å². The van der Waals surface area contributed by atoms with E-state index in [1.165, 1.54) is 12.1 Å². The van der Waals surface area contributed by atoms with E-state index in [1.54, 1.807) is 6.07 Å². The van der Waals surface area contributed by atoms with Crippen LogP contribution in [0.1, 0.15) is 14.5 Å². The number of hydrogen-bond acceptors (Lipinski definition) is 4. The van der Waals surface area contributed by atoms with Gasteiger partial charge in [-0.25, -0.2) is 9.59 Å². The van der Waals surface area contributed by atoms with Gasteiger partial charge in [0.05, 0.1) is 6.54 Å². The Bertz CT molecular complexity index is 399. The van der Waals surface area contributed by atoms with E-state index in [-0.39, 0.29) is 18.0 Å². The van der Waals surface area contributed by atoms with Crippen molar-refractivity contribution in [3.8, 4) is 0 Å². The largest absolute Gasteiger partial charge is 0.477 e. The lowest BCUT2D eigenvalue weighted by atomic mass is 10.4. The fraction of sp³-hybridized carbons (Fsp3) is 0.200. The van der Waals surface area contributed by atoms with Crippen molar-refractivity contribution in [3.63, 3.8) is 0 Å². The van der Waals surface area contributed by atoms with Crippen molar-refractivity contribution < 1.29 is 19.4 Å². The highest BCUT2D eigenvalue weighted by atomic mass is 32.1. The number of amides is 1. The number of carboxylic acids is 1. The molecular formula is C10H11NO4S. The zero-order valence-corrected chi connectivity index (χ0v) is 9.25. The fourth-order valence-corrected chi connectivity index (χ4v) is 1.72. The molecule has 1 amide bonds. The Morgan fingerprint density at radius 2 is 2.31 bits per heavy atom. The third kappa shape index (κ3) is 3.74. The summed E-state index contributed by atoms with van der Waals surface area (Å²) in [5.41, 5.74) is 0. The first kappa shape index (κ1) is 12.3. The van der Waals surface area contributed by atoms with E-state index in [4.69, 9.17) is 5.11 Å². The molecule has 1 aromatic heterocycles. The van der Waals surface area contributed by atoms with Crippen molar-refractivity contribution in [1.82, 2.24) is 5.32 Å². The highest BCUT2D eigenvalue weighted by molar-refractivity contribution is 7.13. The molecule has 16 heavy (non-hydrogen) atoms. The molecule has 0 saturated carbocycles. The maximum atomic E-state index is 11.0. The first-order chi connectivity index (χ1) is 7.63. The molecule has 0 aliphatic heterocycles. The zero-order valence-electron chi connectivity index (χ0n) is 8.43. The molecule has 0 aromatic carbocycles. The molecule has 1 rings (SSSR count). The van der Waals surface area contributed by atoms with Crippen LogP contribution in [0.4, 0.5) is 4.79 Å². The third-order valence-electron chi connectivity index (χ3n) is 1.61. The molecule has 0 unspecified atom stereocenters. The van der Waals surface area contributed by atoms with Gasteiger partial charge in [0.25, 0.3) is 0 Å². The molecule has 2 N–H and O–H groups in total. The van der Waals surface area contributed by atoms with Crippen LogP contribution in [0.2, 0.25) is 0 Å². The predicted octanol–water partition coefficient (Wildman–Crippen LogP) is 1.86. The van der Waals surface area contributed by atoms with Crippen LogP contribution in [0, 0.1) is 0 Å². The maximum Gasteiger partial charge on any atom is 0.407 e. The van der Waals surface area contributed by atoms with Gasteiger partial charge in [-0.2, -0.15) is 0 Å². The molecule has 0 aliphatic carbocycles. The van der Waals surface area contributed by atoms with Crippen LogP contribution in [0.5, 0.6) is 0 Å². The van der Waals surface area contributed by atoms with E-state index in [9.17, 15) is 9.59 Å². The molecule has 6 heteroatoms. The van der Waals surface area contributed by atoms with Crippen LogP contribution in [-0.2, 0) is 11.3 Å². The van der Waals surface area contributed by atoms with E-state index in [0.29, 0.717) is 0 Å². The minimum Gasteiger partial charge on any atom is -0.477 e. The first-order valence-electron chi connectivity index (χ1n) is 4.47. The van der Waals surface area contributed by atoms with Gasteiger partial charge < -0.3 is 15.2 Å². The SMILES string of the molecule is C=CCOC(=O)NCc1ccc(C(=O)O)s1. The monoisotopic (exact) mass is 241 g/mol. The molecule has 86 valence electrons. The molecule has 1 heterocycles. The van der Waals surface area contributed by atoms with Crippen LogP contribution in [-0.4, -0.2) is 23.8 Å². The number of carbonyl (C=O) groups excluding carboxylic acids is 1. The van der Waals surface area contributed by atoms with Gasteiger partial charge >= 0.3 is 12.1 Å². The standard InChI is InChI=1S/C10H11NO4S/c1-2-5-15-10(14)11-6-7-3-4-8(16-7)9(12)13/h2-4H,1,5-6H2,(H,11,14)(H,12,13). The Kier molecular flexibility index (Phi) is 4.53. The second-order valence-corrected chi connectivity index (χ2v) is 3.98. The number of carboxylic acid groups (broad SMARTS) is 1. The maximum absolute atomic E-state index is 11.0. The summed E-state index contributed by atoms with van der Waals surface area (Å²) in [6.07, 6.45) is 0.915. The van der Waals surface area contributed by atoms with Crippen LogP contribution < -0.4 is 5.32 Å². The van der Waals surface area contributed by atoms with E-state index < -0.39 is 12.1 Å². The zero-order chi connectivity index (χ0) is 12.0. The molecule has 0 fully saturated rings. The van der Waals surface area contributed by atoms with Crippen LogP contribution in [0.15, 0.2) is 24.8 Å². The smallest absolute Gasteiger partial charge is 0.407 e. The molecule has 0 spiro atoms. The molecule has 0 aliphatic rings. The summed E-state index contributed by atoms with van der Waals surface area (Å²) in [6.45, 7) is 3.81. The molecule has 0 saturated heterocycles. The highest BCUT2D eigenvalue weighted by Crippen LogP contribution is 2.15. The number of nitrogens with one attached hydrogen (secondary N) is 1. The molecule has 5 nitrogen and oxygen atoms in total. The van der Waals surface area contributed by atoms with Crippen LogP contribution in [0.25, 0.3) is 0 Å². The molecule has 0 radical (unpaired) electrons. The minimum atomic E-state index is -0.967. The van der Waals surface area contributed by atoms with Crippen LogP contribution in [0.3, 0.4) is 0 Å². The van der Waals surface area contributed by atoms with E-state index in [0.717, 1.165) is 16.2 Å². The molecular weight excluding hydrogens is 230 g/mol. The number of aromatic carboxylic acids is 1. The Morgan fingerprint density at radius 1 is 1.56 bits per heavy atom. The Morgan fingerprint density at radius 3 is 2.88 bits per heavy atom. The molecule has 0 bridgehead atoms. The van der Waals surface area contributed by atoms with Gasteiger partial charge in [-0.05, 0) is 12.1 Å². The lowest BCUT2D eigenvalue weighted by Crippen LogP contribution is -2.23. The lowest BCUT2D eigenvalue weighted by Gasteiger charge is -2.02. The van der Waals surface area contributed by atoms with Crippen molar-refractivity contribution in [3.05, 3.63) is 34.5 Å². The van der Waals surface area contributed by atoms with Gasteiger partial charge in [0, 0.05) is 4.88 Å². The average molecular weight is 241 g/mol. The van der Waals surface area contributed by atoms with Crippen molar-refractivity contribution in [2.45, 2.75) is 6.54 Å². The Labute approximate surface area is 96.4 Å². The van der Waals surface area contributed by atoms with E-state index >= 15 is 0 Å². The van der Waals surface area contributed by atoms with Gasteiger partial charge in [0.2, 0.25) is 0 Å². The van der Waals surface area contributed by atoms with E-state index in [2.05, 4.69) is 16.6 Å². The number of rotatable bonds is 5. The van der Waals surface area contributed by atoms with Crippen molar-refractivity contribution in [2.24, 2.45) is 0 Å². The molecule has 0 atom stereocenters. The summed E-state index contributed by atoms with van der Waals surface area (Å²) in [7, 11) is 0. The van der Waals surface area contributed by atoms with Crippen molar-refractivity contribution in [2.75, 3.05) is 6.61 Å². The van der Waals surface area contributed by atoms with Gasteiger partial charge in [0.15, 0.2) is 0 Å². The number of thiophene rings is 1. The Hall–Kier alpha value is -1.82.